The summed E-state index contributed by atoms with van der Waals surface area (Å²) in [4.78, 5) is 2.32. The third-order valence-electron chi connectivity index (χ3n) is 3.00. The first-order valence-corrected chi connectivity index (χ1v) is 6.12. The summed E-state index contributed by atoms with van der Waals surface area (Å²) in [6.45, 7) is 3.00. The molecule has 1 N–H and O–H groups in total. The first-order chi connectivity index (χ1) is 7.72. The maximum Gasteiger partial charge on any atom is 0.0991 e. The minimum absolute atomic E-state index is 0.344. The molecule has 0 saturated carbocycles. The van der Waals surface area contributed by atoms with Crippen LogP contribution in [-0.2, 0) is 0 Å². The van der Waals surface area contributed by atoms with E-state index in [-0.39, 0.29) is 0 Å². The summed E-state index contributed by atoms with van der Waals surface area (Å²) in [6.07, 6.45) is 0. The molecule has 0 aromatic heterocycles. The molecule has 1 aromatic rings. The highest BCUT2D eigenvalue weighted by molar-refractivity contribution is 9.10. The number of piperazine rings is 1. The van der Waals surface area contributed by atoms with Crippen LogP contribution in [-0.4, -0.2) is 31.6 Å². The van der Waals surface area contributed by atoms with Crippen LogP contribution >= 0.6 is 15.9 Å². The average Bonchev–Trinajstić information content (AvgIpc) is 2.31. The molecule has 4 heteroatoms. The van der Waals surface area contributed by atoms with Crippen molar-refractivity contribution >= 4 is 15.9 Å². The second kappa shape index (κ2) is 4.96. The van der Waals surface area contributed by atoms with Crippen molar-refractivity contribution in [1.29, 1.82) is 5.26 Å². The van der Waals surface area contributed by atoms with Crippen molar-refractivity contribution in [2.45, 2.75) is 6.04 Å². The molecule has 0 bridgehead atoms. The van der Waals surface area contributed by atoms with Crippen molar-refractivity contribution in [2.75, 3.05) is 26.7 Å². The summed E-state index contributed by atoms with van der Waals surface area (Å²) in [5.74, 6) is 0. The second-order valence-corrected chi connectivity index (χ2v) is 4.90. The number of rotatable bonds is 1. The summed E-state index contributed by atoms with van der Waals surface area (Å²) >= 11 is 3.56. The van der Waals surface area contributed by atoms with Crippen molar-refractivity contribution in [3.8, 4) is 6.07 Å². The Morgan fingerprint density at radius 3 is 3.06 bits per heavy atom. The number of nitrogens with one attached hydrogen (secondary N) is 1. The van der Waals surface area contributed by atoms with Crippen LogP contribution < -0.4 is 5.32 Å². The lowest BCUT2D eigenvalue weighted by molar-refractivity contribution is 0.201. The highest BCUT2D eigenvalue weighted by Gasteiger charge is 2.22. The van der Waals surface area contributed by atoms with Crippen LogP contribution in [0.15, 0.2) is 22.7 Å². The van der Waals surface area contributed by atoms with Crippen molar-refractivity contribution in [1.82, 2.24) is 10.2 Å². The van der Waals surface area contributed by atoms with E-state index in [0.29, 0.717) is 6.04 Å². The van der Waals surface area contributed by atoms with Gasteiger partial charge in [-0.3, -0.25) is 4.90 Å². The lowest BCUT2D eigenvalue weighted by Gasteiger charge is -2.34. The lowest BCUT2D eigenvalue weighted by atomic mass is 10.0. The van der Waals surface area contributed by atoms with Crippen LogP contribution in [0.4, 0.5) is 0 Å². The molecule has 0 aliphatic carbocycles. The second-order valence-electron chi connectivity index (χ2n) is 4.05. The van der Waals surface area contributed by atoms with E-state index in [9.17, 15) is 0 Å². The van der Waals surface area contributed by atoms with Gasteiger partial charge in [0.1, 0.15) is 0 Å². The number of nitrogens with zero attached hydrogens (tertiary/aromatic N) is 2. The van der Waals surface area contributed by atoms with Crippen LogP contribution in [0, 0.1) is 11.3 Å². The zero-order valence-corrected chi connectivity index (χ0v) is 10.8. The molecular weight excluding hydrogens is 266 g/mol. The summed E-state index contributed by atoms with van der Waals surface area (Å²) in [6, 6.07) is 8.29. The zero-order chi connectivity index (χ0) is 11.5. The van der Waals surface area contributed by atoms with E-state index in [0.717, 1.165) is 29.7 Å². The summed E-state index contributed by atoms with van der Waals surface area (Å²) < 4.78 is 1.08. The maximum absolute atomic E-state index is 8.92. The average molecular weight is 280 g/mol. The summed E-state index contributed by atoms with van der Waals surface area (Å²) in [7, 11) is 2.12. The Balaban J connectivity index is 2.34. The molecule has 1 aromatic carbocycles. The number of hydrogen-bond acceptors (Lipinski definition) is 3. The third kappa shape index (κ3) is 2.27. The fourth-order valence-corrected chi connectivity index (χ4v) is 2.53. The van der Waals surface area contributed by atoms with Crippen molar-refractivity contribution < 1.29 is 0 Å². The summed E-state index contributed by atoms with van der Waals surface area (Å²) in [5.41, 5.74) is 1.91. The Hall–Kier alpha value is -0.890. The van der Waals surface area contributed by atoms with Gasteiger partial charge in [0, 0.05) is 30.1 Å². The third-order valence-corrected chi connectivity index (χ3v) is 3.72. The van der Waals surface area contributed by atoms with Crippen LogP contribution in [0.1, 0.15) is 17.2 Å². The zero-order valence-electron chi connectivity index (χ0n) is 9.20. The Morgan fingerprint density at radius 1 is 1.56 bits per heavy atom. The molecule has 1 heterocycles. The molecule has 1 unspecified atom stereocenters. The molecule has 1 aliphatic heterocycles. The van der Waals surface area contributed by atoms with Crippen LogP contribution in [0.25, 0.3) is 0 Å². The fourth-order valence-electron chi connectivity index (χ4n) is 2.02. The Morgan fingerprint density at radius 2 is 2.38 bits per heavy atom. The molecule has 3 nitrogen and oxygen atoms in total. The van der Waals surface area contributed by atoms with E-state index < -0.39 is 0 Å². The van der Waals surface area contributed by atoms with Gasteiger partial charge in [-0.1, -0.05) is 15.9 Å². The molecule has 1 aliphatic rings. The Kier molecular flexibility index (Phi) is 3.59. The van der Waals surface area contributed by atoms with Crippen molar-refractivity contribution in [3.05, 3.63) is 33.8 Å². The van der Waals surface area contributed by atoms with Gasteiger partial charge in [-0.05, 0) is 30.8 Å². The quantitative estimate of drug-likeness (QED) is 0.854. The van der Waals surface area contributed by atoms with Crippen LogP contribution in [0.3, 0.4) is 0 Å². The largest absolute Gasteiger partial charge is 0.314 e. The number of likely N-dealkylation sites (N-methyl/N-ethyl adjacent to an activating group) is 1. The van der Waals surface area contributed by atoms with Gasteiger partial charge in [-0.25, -0.2) is 0 Å². The number of benzene rings is 1. The van der Waals surface area contributed by atoms with Gasteiger partial charge in [0.2, 0.25) is 0 Å². The van der Waals surface area contributed by atoms with E-state index >= 15 is 0 Å². The van der Waals surface area contributed by atoms with Crippen molar-refractivity contribution in [2.24, 2.45) is 0 Å². The smallest absolute Gasteiger partial charge is 0.0991 e. The molecule has 84 valence electrons. The van der Waals surface area contributed by atoms with Crippen molar-refractivity contribution in [3.63, 3.8) is 0 Å². The molecule has 1 saturated heterocycles. The maximum atomic E-state index is 8.92. The first kappa shape index (κ1) is 11.6. The SMILES string of the molecule is CN1CCNCC1c1cc(C#N)ccc1Br. The molecular formula is C12H14BrN3. The van der Waals surface area contributed by atoms with E-state index in [1.54, 1.807) is 0 Å². The molecule has 2 rings (SSSR count). The minimum Gasteiger partial charge on any atom is -0.314 e. The van der Waals surface area contributed by atoms with Crippen LogP contribution in [0.2, 0.25) is 0 Å². The fraction of sp³-hybridized carbons (Fsp3) is 0.417. The predicted octanol–water partition coefficient (Wildman–Crippen LogP) is 1.90. The van der Waals surface area contributed by atoms with Gasteiger partial charge >= 0.3 is 0 Å². The lowest BCUT2D eigenvalue weighted by Crippen LogP contribution is -2.43. The first-order valence-electron chi connectivity index (χ1n) is 5.33. The molecule has 1 fully saturated rings. The van der Waals surface area contributed by atoms with E-state index in [1.807, 2.05) is 18.2 Å². The number of halogens is 1. The molecule has 0 radical (unpaired) electrons. The van der Waals surface area contributed by atoms with Gasteiger partial charge in [-0.15, -0.1) is 0 Å². The van der Waals surface area contributed by atoms with Crippen LogP contribution in [0.5, 0.6) is 0 Å². The van der Waals surface area contributed by atoms with Gasteiger partial charge in [0.25, 0.3) is 0 Å². The predicted molar refractivity (Wildman–Crippen MR) is 67.1 cm³/mol. The Labute approximate surface area is 104 Å². The van der Waals surface area contributed by atoms with E-state index in [1.165, 1.54) is 5.56 Å². The highest BCUT2D eigenvalue weighted by Crippen LogP contribution is 2.28. The molecule has 0 spiro atoms. The number of hydrogen-bond donors (Lipinski definition) is 1. The minimum atomic E-state index is 0.344. The van der Waals surface area contributed by atoms with E-state index in [4.69, 9.17) is 5.26 Å². The summed E-state index contributed by atoms with van der Waals surface area (Å²) in [5, 5.41) is 12.3. The standard InChI is InChI=1S/C12H14BrN3/c1-16-5-4-15-8-12(16)10-6-9(7-14)2-3-11(10)13/h2-3,6,12,15H,4-5,8H2,1H3. The van der Waals surface area contributed by atoms with E-state index in [2.05, 4.69) is 39.3 Å². The molecule has 0 amide bonds. The monoisotopic (exact) mass is 279 g/mol. The van der Waals surface area contributed by atoms with Gasteiger partial charge in [0.15, 0.2) is 0 Å². The van der Waals surface area contributed by atoms with Gasteiger partial charge < -0.3 is 5.32 Å². The molecule has 16 heavy (non-hydrogen) atoms. The number of nitriles is 1. The molecule has 1 atom stereocenters. The van der Waals surface area contributed by atoms with Gasteiger partial charge in [-0.2, -0.15) is 5.26 Å². The topological polar surface area (TPSA) is 39.1 Å². The van der Waals surface area contributed by atoms with Gasteiger partial charge in [0.05, 0.1) is 11.6 Å². The normalized spacial score (nSPS) is 21.7. The highest BCUT2D eigenvalue weighted by atomic mass is 79.9. The Bertz CT molecular complexity index is 425.